The highest BCUT2D eigenvalue weighted by molar-refractivity contribution is 5.69. The Morgan fingerprint density at radius 2 is 1.47 bits per heavy atom. The molecule has 14 nitrogen and oxygen atoms in total. The molecule has 288 valence electrons. The Labute approximate surface area is 304 Å². The molecule has 1 saturated heterocycles. The summed E-state index contributed by atoms with van der Waals surface area (Å²) in [5.41, 5.74) is 4.99. The fourth-order valence-corrected chi connectivity index (χ4v) is 7.34. The number of hydrogen-bond donors (Lipinski definition) is 3. The van der Waals surface area contributed by atoms with Gasteiger partial charge in [-0.25, -0.2) is 9.59 Å². The Hall–Kier alpha value is -3.55. The van der Waals surface area contributed by atoms with E-state index >= 15 is 0 Å². The molecule has 2 saturated carbocycles. The molecule has 51 heavy (non-hydrogen) atoms. The van der Waals surface area contributed by atoms with E-state index in [4.69, 9.17) is 25.3 Å². The number of nitrogens with one attached hydrogen (secondary N) is 1. The quantitative estimate of drug-likeness (QED) is 0.229. The molecular formula is C37H64N8O6. The van der Waals surface area contributed by atoms with Gasteiger partial charge >= 0.3 is 18.2 Å². The second kappa shape index (κ2) is 18.3. The first kappa shape index (κ1) is 40.2. The molecule has 1 aromatic rings. The molecule has 1 aromatic heterocycles. The van der Waals surface area contributed by atoms with Crippen molar-refractivity contribution in [1.82, 2.24) is 24.7 Å². The number of aliphatic carboxylic acids is 1. The minimum atomic E-state index is -0.816. The molecule has 1 aliphatic heterocycles. The van der Waals surface area contributed by atoms with Crippen molar-refractivity contribution in [3.63, 3.8) is 0 Å². The van der Waals surface area contributed by atoms with Crippen molar-refractivity contribution < 1.29 is 29.0 Å². The number of nitrogen functional groups attached to an aromatic ring is 1. The van der Waals surface area contributed by atoms with Crippen molar-refractivity contribution in [2.45, 2.75) is 123 Å². The molecule has 0 aromatic carbocycles. The average Bonchev–Trinajstić information content (AvgIpc) is 3.04. The number of rotatable bonds is 13. The van der Waals surface area contributed by atoms with Gasteiger partial charge < -0.3 is 40.3 Å². The van der Waals surface area contributed by atoms with Gasteiger partial charge in [-0.05, 0) is 98.3 Å². The Bertz CT molecular complexity index is 1280. The van der Waals surface area contributed by atoms with Gasteiger partial charge in [-0.15, -0.1) is 0 Å². The van der Waals surface area contributed by atoms with E-state index in [0.29, 0.717) is 75.8 Å². The van der Waals surface area contributed by atoms with Crippen molar-refractivity contribution in [2.24, 2.45) is 11.8 Å². The van der Waals surface area contributed by atoms with Crippen LogP contribution < -0.4 is 16.0 Å². The maximum atomic E-state index is 13.4. The van der Waals surface area contributed by atoms with Crippen LogP contribution in [0.25, 0.3) is 0 Å². The third-order valence-corrected chi connectivity index (χ3v) is 9.90. The number of carboxylic acids is 1. The molecule has 0 atom stereocenters. The fraction of sp³-hybridized carbons (Fsp3) is 0.811. The zero-order chi connectivity index (χ0) is 37.2. The number of carbonyl (C=O) groups excluding carboxylic acids is 2. The van der Waals surface area contributed by atoms with Gasteiger partial charge in [0.1, 0.15) is 22.8 Å². The van der Waals surface area contributed by atoms with Gasteiger partial charge in [0.2, 0.25) is 5.95 Å². The Kier molecular flexibility index (Phi) is 14.4. The van der Waals surface area contributed by atoms with Gasteiger partial charge in [-0.3, -0.25) is 9.69 Å². The number of anilines is 3. The van der Waals surface area contributed by atoms with Gasteiger partial charge in [-0.1, -0.05) is 19.3 Å². The van der Waals surface area contributed by atoms with Crippen molar-refractivity contribution in [1.29, 1.82) is 0 Å². The summed E-state index contributed by atoms with van der Waals surface area (Å²) in [7, 11) is 0. The van der Waals surface area contributed by atoms with Crippen LogP contribution in [-0.2, 0) is 14.3 Å². The zero-order valence-corrected chi connectivity index (χ0v) is 32.0. The predicted octanol–water partition coefficient (Wildman–Crippen LogP) is 5.68. The third-order valence-electron chi connectivity index (χ3n) is 9.90. The van der Waals surface area contributed by atoms with Crippen LogP contribution in [0.2, 0.25) is 0 Å². The Morgan fingerprint density at radius 3 is 2.08 bits per heavy atom. The van der Waals surface area contributed by atoms with Gasteiger partial charge in [0.25, 0.3) is 0 Å². The Morgan fingerprint density at radius 1 is 0.863 bits per heavy atom. The standard InChI is InChI=1S/C37H64N8O6/c1-36(2,3)50-34(48)44(17-10-18-45(29-11-8-7-9-12-29)35(49)51-37(4,5)6)25-28-15-13-27(14-16-28)24-39-33-40-30(38)23-31(41-33)43-21-19-42(20-22-43)26-32(46)47/h23,27-29H,7-22,24-26H2,1-6H3,(H,46,47)(H3,38,39,40,41). The van der Waals surface area contributed by atoms with Crippen LogP contribution in [0.1, 0.15) is 106 Å². The van der Waals surface area contributed by atoms with Crippen LogP contribution in [0, 0.1) is 11.8 Å². The minimum absolute atomic E-state index is 0.0445. The summed E-state index contributed by atoms with van der Waals surface area (Å²) in [6.45, 7) is 16.5. The molecule has 3 aliphatic rings. The lowest BCUT2D eigenvalue weighted by molar-refractivity contribution is -0.138. The van der Waals surface area contributed by atoms with E-state index in [9.17, 15) is 14.4 Å². The normalized spacial score (nSPS) is 20.8. The lowest BCUT2D eigenvalue weighted by Crippen LogP contribution is -2.48. The monoisotopic (exact) mass is 716 g/mol. The minimum Gasteiger partial charge on any atom is -0.480 e. The summed E-state index contributed by atoms with van der Waals surface area (Å²) < 4.78 is 11.6. The number of ether oxygens (including phenoxy) is 2. The molecule has 0 spiro atoms. The van der Waals surface area contributed by atoms with Crippen molar-refractivity contribution in [3.8, 4) is 0 Å². The lowest BCUT2D eigenvalue weighted by Gasteiger charge is -2.37. The molecule has 2 heterocycles. The first-order valence-corrected chi connectivity index (χ1v) is 19.1. The number of hydrogen-bond acceptors (Lipinski definition) is 11. The second-order valence-electron chi connectivity index (χ2n) is 16.6. The molecule has 2 amide bonds. The summed E-state index contributed by atoms with van der Waals surface area (Å²) in [5, 5.41) is 12.5. The molecule has 0 bridgehead atoms. The highest BCUT2D eigenvalue weighted by Crippen LogP contribution is 2.31. The molecule has 0 radical (unpaired) electrons. The second-order valence-corrected chi connectivity index (χ2v) is 16.6. The first-order valence-electron chi connectivity index (χ1n) is 19.1. The van der Waals surface area contributed by atoms with Crippen molar-refractivity contribution in [3.05, 3.63) is 6.07 Å². The van der Waals surface area contributed by atoms with E-state index in [1.54, 1.807) is 6.07 Å². The molecule has 0 unspecified atom stereocenters. The number of carboxylic acid groups (broad SMARTS) is 1. The van der Waals surface area contributed by atoms with E-state index in [-0.39, 0.29) is 24.8 Å². The molecule has 4 rings (SSSR count). The molecule has 4 N–H and O–H groups in total. The van der Waals surface area contributed by atoms with Gasteiger partial charge in [0.05, 0.1) is 6.54 Å². The smallest absolute Gasteiger partial charge is 0.410 e. The van der Waals surface area contributed by atoms with Gasteiger partial charge in [-0.2, -0.15) is 9.97 Å². The van der Waals surface area contributed by atoms with E-state index in [2.05, 4.69) is 15.2 Å². The number of nitrogens with zero attached hydrogens (tertiary/aromatic N) is 6. The van der Waals surface area contributed by atoms with Crippen LogP contribution in [-0.4, -0.2) is 124 Å². The first-order chi connectivity index (χ1) is 24.0. The highest BCUT2D eigenvalue weighted by Gasteiger charge is 2.31. The van der Waals surface area contributed by atoms with E-state index in [1.165, 1.54) is 6.42 Å². The van der Waals surface area contributed by atoms with Crippen LogP contribution in [0.15, 0.2) is 6.07 Å². The Balaban J connectivity index is 1.28. The van der Waals surface area contributed by atoms with Gasteiger partial charge in [0, 0.05) is 64.5 Å². The van der Waals surface area contributed by atoms with Crippen LogP contribution in [0.5, 0.6) is 0 Å². The SMILES string of the molecule is CC(C)(C)OC(=O)N(CCCN(C(=O)OC(C)(C)C)C1CCCCC1)CC1CCC(CNc2nc(N)cc(N3CCN(CC(=O)O)CC3)n2)CC1. The maximum absolute atomic E-state index is 13.4. The van der Waals surface area contributed by atoms with E-state index < -0.39 is 17.2 Å². The third kappa shape index (κ3) is 13.8. The lowest BCUT2D eigenvalue weighted by atomic mass is 9.81. The summed E-state index contributed by atoms with van der Waals surface area (Å²) in [4.78, 5) is 54.7. The number of amides is 2. The maximum Gasteiger partial charge on any atom is 0.410 e. The largest absolute Gasteiger partial charge is 0.480 e. The number of piperazine rings is 1. The predicted molar refractivity (Wildman–Crippen MR) is 199 cm³/mol. The number of carbonyl (C=O) groups is 3. The van der Waals surface area contributed by atoms with E-state index in [1.807, 2.05) is 56.2 Å². The van der Waals surface area contributed by atoms with Crippen LogP contribution >= 0.6 is 0 Å². The van der Waals surface area contributed by atoms with Gasteiger partial charge in [0.15, 0.2) is 0 Å². The fourth-order valence-electron chi connectivity index (χ4n) is 7.34. The molecule has 14 heteroatoms. The summed E-state index contributed by atoms with van der Waals surface area (Å²) in [6.07, 6.45) is 9.57. The topological polar surface area (TPSA) is 167 Å². The number of aromatic nitrogens is 2. The average molecular weight is 717 g/mol. The molecule has 2 aliphatic carbocycles. The zero-order valence-electron chi connectivity index (χ0n) is 32.0. The highest BCUT2D eigenvalue weighted by atomic mass is 16.6. The van der Waals surface area contributed by atoms with Crippen LogP contribution in [0.4, 0.5) is 27.2 Å². The summed E-state index contributed by atoms with van der Waals surface area (Å²) in [6, 6.07) is 1.95. The summed E-state index contributed by atoms with van der Waals surface area (Å²) >= 11 is 0. The molecule has 3 fully saturated rings. The van der Waals surface area contributed by atoms with Crippen molar-refractivity contribution in [2.75, 3.05) is 74.9 Å². The van der Waals surface area contributed by atoms with Crippen molar-refractivity contribution >= 4 is 35.7 Å². The number of nitrogens with two attached hydrogens (primary N) is 1. The summed E-state index contributed by atoms with van der Waals surface area (Å²) in [5.74, 6) is 1.65. The van der Waals surface area contributed by atoms with Crippen LogP contribution in [0.3, 0.4) is 0 Å². The molecular weight excluding hydrogens is 652 g/mol. The van der Waals surface area contributed by atoms with E-state index in [0.717, 1.165) is 63.7 Å².